The second-order valence-electron chi connectivity index (χ2n) is 3.68. The average Bonchev–Trinajstić information content (AvgIpc) is 2.28. The lowest BCUT2D eigenvalue weighted by molar-refractivity contribution is -0.120. The first-order valence-corrected chi connectivity index (χ1v) is 5.21. The van der Waals surface area contributed by atoms with Crippen molar-refractivity contribution in [1.29, 1.82) is 0 Å². The van der Waals surface area contributed by atoms with Gasteiger partial charge in [-0.1, -0.05) is 36.4 Å². The first-order valence-electron chi connectivity index (χ1n) is 5.21. The molecule has 0 saturated heterocycles. The minimum atomic E-state index is -1.23. The number of hydrogen-bond donors (Lipinski definition) is 1. The molecule has 0 fully saturated rings. The summed E-state index contributed by atoms with van der Waals surface area (Å²) in [5.41, 5.74) is 0.991. The first-order chi connectivity index (χ1) is 7.63. The van der Waals surface area contributed by atoms with Gasteiger partial charge in [0.1, 0.15) is 6.17 Å². The lowest BCUT2D eigenvalue weighted by atomic mass is 10.0. The summed E-state index contributed by atoms with van der Waals surface area (Å²) in [6.45, 7) is 4.79. The van der Waals surface area contributed by atoms with Crippen LogP contribution >= 0.6 is 0 Å². The zero-order valence-corrected chi connectivity index (χ0v) is 9.32. The van der Waals surface area contributed by atoms with Gasteiger partial charge in [-0.05, 0) is 12.0 Å². The van der Waals surface area contributed by atoms with Gasteiger partial charge in [-0.25, -0.2) is 4.39 Å². The number of alkyl halides is 1. The molecule has 3 heteroatoms. The molecule has 2 nitrogen and oxygen atoms in total. The molecule has 1 N–H and O–H groups in total. The van der Waals surface area contributed by atoms with Crippen molar-refractivity contribution in [3.8, 4) is 0 Å². The van der Waals surface area contributed by atoms with Crippen LogP contribution in [0.25, 0.3) is 0 Å². The van der Waals surface area contributed by atoms with Crippen LogP contribution in [0, 0.1) is 0 Å². The van der Waals surface area contributed by atoms with Crippen molar-refractivity contribution in [2.75, 3.05) is 0 Å². The summed E-state index contributed by atoms with van der Waals surface area (Å²) in [5.74, 6) is -0.231. The predicted octanol–water partition coefficient (Wildman–Crippen LogP) is 2.26. The summed E-state index contributed by atoms with van der Waals surface area (Å²) in [6.07, 6.45) is 0.445. The molecule has 1 rings (SSSR count). The molecule has 0 aliphatic carbocycles. The number of nitrogens with one attached hydrogen (secondary N) is 1. The van der Waals surface area contributed by atoms with E-state index in [0.29, 0.717) is 6.42 Å². The molecule has 0 aliphatic rings. The number of halogens is 1. The van der Waals surface area contributed by atoms with Crippen LogP contribution in [0.2, 0.25) is 0 Å². The van der Waals surface area contributed by atoms with Gasteiger partial charge in [0.15, 0.2) is 0 Å². The van der Waals surface area contributed by atoms with E-state index in [1.54, 1.807) is 0 Å². The molecule has 86 valence electrons. The third-order valence-corrected chi connectivity index (χ3v) is 2.30. The fourth-order valence-electron chi connectivity index (χ4n) is 1.54. The molecule has 0 bridgehead atoms. The summed E-state index contributed by atoms with van der Waals surface area (Å²) in [4.78, 5) is 11.0. The van der Waals surface area contributed by atoms with Crippen molar-refractivity contribution in [3.05, 3.63) is 48.6 Å². The zero-order chi connectivity index (χ0) is 12.0. The van der Waals surface area contributed by atoms with Crippen molar-refractivity contribution in [3.63, 3.8) is 0 Å². The maximum Gasteiger partial charge on any atom is 0.217 e. The Labute approximate surface area is 95.2 Å². The van der Waals surface area contributed by atoms with Crippen LogP contribution < -0.4 is 5.32 Å². The highest BCUT2D eigenvalue weighted by atomic mass is 19.1. The van der Waals surface area contributed by atoms with Gasteiger partial charge in [0.05, 0.1) is 6.04 Å². The number of benzene rings is 1. The van der Waals surface area contributed by atoms with Crippen LogP contribution in [0.4, 0.5) is 4.39 Å². The lowest BCUT2D eigenvalue weighted by Gasteiger charge is -2.19. The van der Waals surface area contributed by atoms with E-state index in [4.69, 9.17) is 0 Å². The largest absolute Gasteiger partial charge is 0.350 e. The second-order valence-corrected chi connectivity index (χ2v) is 3.68. The van der Waals surface area contributed by atoms with Crippen LogP contribution in [0.1, 0.15) is 12.5 Å². The average molecular weight is 221 g/mol. The first kappa shape index (κ1) is 12.4. The number of hydrogen-bond acceptors (Lipinski definition) is 1. The molecular weight excluding hydrogens is 205 g/mol. The fraction of sp³-hybridized carbons (Fsp3) is 0.308. The molecule has 0 radical (unpaired) electrons. The Morgan fingerprint density at radius 1 is 1.50 bits per heavy atom. The summed E-state index contributed by atoms with van der Waals surface area (Å²) >= 11 is 0. The monoisotopic (exact) mass is 221 g/mol. The Balaban J connectivity index is 2.70. The third-order valence-electron chi connectivity index (χ3n) is 2.30. The number of amides is 1. The molecule has 0 spiro atoms. The summed E-state index contributed by atoms with van der Waals surface area (Å²) in [6, 6.07) is 8.95. The van der Waals surface area contributed by atoms with Crippen LogP contribution in [0.5, 0.6) is 0 Å². The van der Waals surface area contributed by atoms with Crippen molar-refractivity contribution in [1.82, 2.24) is 5.32 Å². The summed E-state index contributed by atoms with van der Waals surface area (Å²) in [5, 5.41) is 2.59. The van der Waals surface area contributed by atoms with E-state index in [2.05, 4.69) is 11.9 Å². The Kier molecular flexibility index (Phi) is 4.70. The molecule has 1 amide bonds. The predicted molar refractivity (Wildman–Crippen MR) is 62.8 cm³/mol. The topological polar surface area (TPSA) is 29.1 Å². The summed E-state index contributed by atoms with van der Waals surface area (Å²) in [7, 11) is 0. The van der Waals surface area contributed by atoms with E-state index in [-0.39, 0.29) is 5.91 Å². The molecule has 0 heterocycles. The van der Waals surface area contributed by atoms with Gasteiger partial charge in [-0.2, -0.15) is 0 Å². The second kappa shape index (κ2) is 6.05. The van der Waals surface area contributed by atoms with Crippen molar-refractivity contribution >= 4 is 5.91 Å². The number of carbonyl (C=O) groups excluding carboxylic acids is 1. The van der Waals surface area contributed by atoms with E-state index in [0.717, 1.165) is 5.56 Å². The Bertz CT molecular complexity index is 350. The molecular formula is C13H16FNO. The normalized spacial score (nSPS) is 13.9. The van der Waals surface area contributed by atoms with E-state index in [1.165, 1.54) is 13.0 Å². The molecule has 0 saturated carbocycles. The van der Waals surface area contributed by atoms with Crippen molar-refractivity contribution < 1.29 is 9.18 Å². The molecule has 1 unspecified atom stereocenters. The van der Waals surface area contributed by atoms with Crippen LogP contribution in [-0.2, 0) is 11.2 Å². The maximum absolute atomic E-state index is 13.5. The molecule has 1 aromatic rings. The molecule has 2 atom stereocenters. The Morgan fingerprint density at radius 3 is 2.62 bits per heavy atom. The van der Waals surface area contributed by atoms with Gasteiger partial charge in [-0.3, -0.25) is 4.79 Å². The van der Waals surface area contributed by atoms with E-state index >= 15 is 0 Å². The SMILES string of the molecule is C=CC(F)[C@H](Cc1ccccc1)NC(C)=O. The minimum absolute atomic E-state index is 0.231. The Morgan fingerprint density at radius 2 is 2.12 bits per heavy atom. The minimum Gasteiger partial charge on any atom is -0.350 e. The zero-order valence-electron chi connectivity index (χ0n) is 9.32. The number of carbonyl (C=O) groups is 1. The lowest BCUT2D eigenvalue weighted by Crippen LogP contribution is -2.41. The van der Waals surface area contributed by atoms with E-state index < -0.39 is 12.2 Å². The standard InChI is InChI=1S/C13H16FNO/c1-3-12(14)13(15-10(2)16)9-11-7-5-4-6-8-11/h3-8,12-13H,1,9H2,2H3,(H,15,16)/t12?,13-/m0/s1. The van der Waals surface area contributed by atoms with Crippen LogP contribution in [-0.4, -0.2) is 18.1 Å². The Hall–Kier alpha value is -1.64. The van der Waals surface area contributed by atoms with Gasteiger partial charge in [0.25, 0.3) is 0 Å². The summed E-state index contributed by atoms with van der Waals surface area (Å²) < 4.78 is 13.5. The highest BCUT2D eigenvalue weighted by molar-refractivity contribution is 5.73. The van der Waals surface area contributed by atoms with Gasteiger partial charge in [0.2, 0.25) is 5.91 Å². The molecule has 16 heavy (non-hydrogen) atoms. The van der Waals surface area contributed by atoms with Gasteiger partial charge >= 0.3 is 0 Å². The molecule has 0 aliphatic heterocycles. The highest BCUT2D eigenvalue weighted by Crippen LogP contribution is 2.09. The van der Waals surface area contributed by atoms with E-state index in [9.17, 15) is 9.18 Å². The van der Waals surface area contributed by atoms with Crippen LogP contribution in [0.15, 0.2) is 43.0 Å². The van der Waals surface area contributed by atoms with E-state index in [1.807, 2.05) is 30.3 Å². The maximum atomic E-state index is 13.5. The quantitative estimate of drug-likeness (QED) is 0.759. The van der Waals surface area contributed by atoms with Crippen LogP contribution in [0.3, 0.4) is 0 Å². The third kappa shape index (κ3) is 3.85. The van der Waals surface area contributed by atoms with Gasteiger partial charge < -0.3 is 5.32 Å². The van der Waals surface area contributed by atoms with Crippen molar-refractivity contribution in [2.24, 2.45) is 0 Å². The van der Waals surface area contributed by atoms with Gasteiger partial charge in [0, 0.05) is 6.92 Å². The number of rotatable bonds is 5. The smallest absolute Gasteiger partial charge is 0.217 e. The van der Waals surface area contributed by atoms with Crippen molar-refractivity contribution in [2.45, 2.75) is 25.6 Å². The molecule has 1 aromatic carbocycles. The highest BCUT2D eigenvalue weighted by Gasteiger charge is 2.19. The fourth-order valence-corrected chi connectivity index (χ4v) is 1.54. The molecule has 0 aromatic heterocycles. The van der Waals surface area contributed by atoms with Gasteiger partial charge in [-0.15, -0.1) is 6.58 Å².